The van der Waals surface area contributed by atoms with E-state index < -0.39 is 11.2 Å². The van der Waals surface area contributed by atoms with Crippen LogP contribution in [-0.2, 0) is 11.3 Å². The number of benzene rings is 1. The largest absolute Gasteiger partial charge is 0.383 e. The number of ether oxygens (including phenoxy) is 1. The van der Waals surface area contributed by atoms with Crippen molar-refractivity contribution < 1.29 is 9.53 Å². The number of nitrogens with one attached hydrogen (secondary N) is 1. The highest BCUT2D eigenvalue weighted by Crippen LogP contribution is 2.21. The highest BCUT2D eigenvalue weighted by molar-refractivity contribution is 7.08. The fourth-order valence-electron chi connectivity index (χ4n) is 2.80. The molecule has 0 aliphatic carbocycles. The first kappa shape index (κ1) is 19.6. The summed E-state index contributed by atoms with van der Waals surface area (Å²) in [4.78, 5) is 41.4. The van der Waals surface area contributed by atoms with E-state index in [9.17, 15) is 14.4 Å². The van der Waals surface area contributed by atoms with Gasteiger partial charge in [0.05, 0.1) is 18.7 Å². The number of aromatic nitrogens is 2. The number of thiophene rings is 1. The van der Waals surface area contributed by atoms with Crippen LogP contribution in [0.4, 0.5) is 11.5 Å². The number of hydrogen-bond acceptors (Lipinski definition) is 6. The summed E-state index contributed by atoms with van der Waals surface area (Å²) >= 11 is 1.37. The van der Waals surface area contributed by atoms with Gasteiger partial charge in [-0.05, 0) is 17.0 Å². The fourth-order valence-corrected chi connectivity index (χ4v) is 3.43. The summed E-state index contributed by atoms with van der Waals surface area (Å²) < 4.78 is 6.32. The summed E-state index contributed by atoms with van der Waals surface area (Å²) in [5, 5.41) is 3.46. The third-order valence-electron chi connectivity index (χ3n) is 4.20. The summed E-state index contributed by atoms with van der Waals surface area (Å²) in [6.45, 7) is 0.481. The molecule has 0 spiro atoms. The van der Waals surface area contributed by atoms with Crippen molar-refractivity contribution in [2.45, 2.75) is 6.54 Å². The molecule has 0 saturated carbocycles. The molecular formula is C19H20N4O4S. The van der Waals surface area contributed by atoms with Gasteiger partial charge in [-0.15, -0.1) is 0 Å². The van der Waals surface area contributed by atoms with Gasteiger partial charge in [-0.3, -0.25) is 24.0 Å². The van der Waals surface area contributed by atoms with Crippen LogP contribution in [0.1, 0.15) is 15.9 Å². The number of nitrogen functional groups attached to an aromatic ring is 1. The van der Waals surface area contributed by atoms with E-state index in [2.05, 4.69) is 4.98 Å². The number of carbonyl (C=O) groups is 1. The van der Waals surface area contributed by atoms with Gasteiger partial charge >= 0.3 is 5.69 Å². The first-order valence-corrected chi connectivity index (χ1v) is 9.46. The van der Waals surface area contributed by atoms with Gasteiger partial charge < -0.3 is 10.5 Å². The molecule has 0 atom stereocenters. The first-order chi connectivity index (χ1) is 13.5. The third-order valence-corrected chi connectivity index (χ3v) is 4.88. The van der Waals surface area contributed by atoms with Crippen molar-refractivity contribution in [3.63, 3.8) is 0 Å². The lowest BCUT2D eigenvalue weighted by Gasteiger charge is -2.24. The molecule has 9 heteroatoms. The van der Waals surface area contributed by atoms with Crippen molar-refractivity contribution >= 4 is 28.7 Å². The van der Waals surface area contributed by atoms with Crippen molar-refractivity contribution in [1.29, 1.82) is 0 Å². The Labute approximate surface area is 164 Å². The van der Waals surface area contributed by atoms with E-state index >= 15 is 0 Å². The number of amides is 1. The van der Waals surface area contributed by atoms with Crippen LogP contribution in [0.3, 0.4) is 0 Å². The van der Waals surface area contributed by atoms with Gasteiger partial charge in [-0.25, -0.2) is 4.79 Å². The Kier molecular flexibility index (Phi) is 6.07. The number of anilines is 2. The molecule has 0 fully saturated rings. The number of hydrogen-bond donors (Lipinski definition) is 2. The lowest BCUT2D eigenvalue weighted by Crippen LogP contribution is -2.42. The summed E-state index contributed by atoms with van der Waals surface area (Å²) in [6.07, 6.45) is 0. The zero-order chi connectivity index (χ0) is 20.1. The first-order valence-electron chi connectivity index (χ1n) is 8.52. The SMILES string of the molecule is COCCN(C(=O)c1ccsc1)c1c(N)n(Cc2ccccc2)c(=O)[nH]c1=O. The van der Waals surface area contributed by atoms with Crippen LogP contribution in [0, 0.1) is 0 Å². The molecule has 0 aliphatic rings. The highest BCUT2D eigenvalue weighted by Gasteiger charge is 2.25. The molecule has 0 unspecified atom stereocenters. The fraction of sp³-hybridized carbons (Fsp3) is 0.211. The standard InChI is InChI=1S/C19H20N4O4S/c1-27-9-8-22(18(25)14-7-10-28-12-14)15-16(20)23(19(26)21-17(15)24)11-13-5-3-2-4-6-13/h2-7,10,12H,8-9,11,20H2,1H3,(H,21,24,26). The molecule has 3 rings (SSSR count). The lowest BCUT2D eigenvalue weighted by atomic mass is 10.2. The van der Waals surface area contributed by atoms with Crippen molar-refractivity contribution in [1.82, 2.24) is 9.55 Å². The third kappa shape index (κ3) is 4.05. The average molecular weight is 400 g/mol. The maximum Gasteiger partial charge on any atom is 0.330 e. The van der Waals surface area contributed by atoms with Crippen molar-refractivity contribution in [3.05, 3.63) is 79.1 Å². The van der Waals surface area contributed by atoms with Crippen LogP contribution >= 0.6 is 11.3 Å². The van der Waals surface area contributed by atoms with Gasteiger partial charge in [0.2, 0.25) is 0 Å². The number of carbonyl (C=O) groups excluding carboxylic acids is 1. The Balaban J connectivity index is 2.09. The van der Waals surface area contributed by atoms with Crippen LogP contribution in [0.2, 0.25) is 0 Å². The molecule has 28 heavy (non-hydrogen) atoms. The molecule has 1 aromatic carbocycles. The Morgan fingerprint density at radius 2 is 2.00 bits per heavy atom. The van der Waals surface area contributed by atoms with Gasteiger partial charge in [-0.1, -0.05) is 30.3 Å². The number of nitrogens with two attached hydrogens (primary N) is 1. The minimum atomic E-state index is -0.716. The van der Waals surface area contributed by atoms with Crippen molar-refractivity contribution in [3.8, 4) is 0 Å². The van der Waals surface area contributed by atoms with Crippen LogP contribution < -0.4 is 21.9 Å². The molecule has 146 valence electrons. The molecule has 0 saturated heterocycles. The number of aromatic amines is 1. The number of nitrogens with zero attached hydrogens (tertiary/aromatic N) is 2. The Hall–Kier alpha value is -3.17. The number of rotatable bonds is 7. The highest BCUT2D eigenvalue weighted by atomic mass is 32.1. The van der Waals surface area contributed by atoms with E-state index in [-0.39, 0.29) is 37.1 Å². The molecule has 8 nitrogen and oxygen atoms in total. The van der Waals surface area contributed by atoms with E-state index in [0.717, 1.165) is 5.56 Å². The number of methoxy groups -OCH3 is 1. The lowest BCUT2D eigenvalue weighted by molar-refractivity contribution is 0.0976. The van der Waals surface area contributed by atoms with Gasteiger partial charge in [0.25, 0.3) is 11.5 Å². The van der Waals surface area contributed by atoms with Gasteiger partial charge in [-0.2, -0.15) is 11.3 Å². The predicted octanol–water partition coefficient (Wildman–Crippen LogP) is 1.52. The van der Waals surface area contributed by atoms with Crippen molar-refractivity contribution in [2.75, 3.05) is 30.9 Å². The molecule has 3 aromatic rings. The van der Waals surface area contributed by atoms with Gasteiger partial charge in [0, 0.05) is 19.0 Å². The average Bonchev–Trinajstić information content (AvgIpc) is 3.22. The monoisotopic (exact) mass is 400 g/mol. The second kappa shape index (κ2) is 8.68. The smallest absolute Gasteiger partial charge is 0.330 e. The zero-order valence-electron chi connectivity index (χ0n) is 15.3. The molecule has 1 amide bonds. The molecule has 0 radical (unpaired) electrons. The summed E-state index contributed by atoms with van der Waals surface area (Å²) in [7, 11) is 1.50. The maximum atomic E-state index is 13.0. The molecule has 0 aliphatic heterocycles. The van der Waals surface area contributed by atoms with Gasteiger partial charge in [0.15, 0.2) is 5.69 Å². The number of H-pyrrole nitrogens is 1. The summed E-state index contributed by atoms with van der Waals surface area (Å²) in [6, 6.07) is 10.9. The summed E-state index contributed by atoms with van der Waals surface area (Å²) in [5.41, 5.74) is 6.06. The van der Waals surface area contributed by atoms with Crippen LogP contribution in [0.25, 0.3) is 0 Å². The van der Waals surface area contributed by atoms with Crippen LogP contribution in [0.5, 0.6) is 0 Å². The summed E-state index contributed by atoms with van der Waals surface area (Å²) in [5.74, 6) is -0.460. The second-order valence-corrected chi connectivity index (χ2v) is 6.81. The minimum Gasteiger partial charge on any atom is -0.383 e. The van der Waals surface area contributed by atoms with Crippen molar-refractivity contribution in [2.24, 2.45) is 0 Å². The predicted molar refractivity (Wildman–Crippen MR) is 109 cm³/mol. The Morgan fingerprint density at radius 1 is 1.25 bits per heavy atom. The molecular weight excluding hydrogens is 380 g/mol. The molecule has 2 aromatic heterocycles. The van der Waals surface area contributed by atoms with E-state index in [1.807, 2.05) is 30.3 Å². The minimum absolute atomic E-state index is 0.0659. The van der Waals surface area contributed by atoms with E-state index in [1.165, 1.54) is 27.9 Å². The topological polar surface area (TPSA) is 110 Å². The normalized spacial score (nSPS) is 10.8. The molecule has 3 N–H and O–H groups in total. The van der Waals surface area contributed by atoms with E-state index in [0.29, 0.717) is 5.56 Å². The molecule has 0 bridgehead atoms. The van der Waals surface area contributed by atoms with Crippen LogP contribution in [0.15, 0.2) is 56.7 Å². The van der Waals surface area contributed by atoms with Crippen LogP contribution in [-0.4, -0.2) is 35.7 Å². The second-order valence-electron chi connectivity index (χ2n) is 6.03. The quantitative estimate of drug-likeness (QED) is 0.625. The van der Waals surface area contributed by atoms with E-state index in [4.69, 9.17) is 10.5 Å². The van der Waals surface area contributed by atoms with Gasteiger partial charge in [0.1, 0.15) is 5.82 Å². The van der Waals surface area contributed by atoms with E-state index in [1.54, 1.807) is 16.8 Å². The zero-order valence-corrected chi connectivity index (χ0v) is 16.1. The Morgan fingerprint density at radius 3 is 2.64 bits per heavy atom. The molecule has 2 heterocycles. The Bertz CT molecular complexity index is 1060. The maximum absolute atomic E-state index is 13.0.